The minimum atomic E-state index is 0.950. The van der Waals surface area contributed by atoms with E-state index < -0.39 is 0 Å². The smallest absolute Gasteiger partial charge is 0.0417 e. The van der Waals surface area contributed by atoms with Gasteiger partial charge < -0.3 is 0 Å². The normalized spacial score (nSPS) is 12.8. The molecule has 2 radical (unpaired) electrons. The third-order valence-electron chi connectivity index (χ3n) is 4.55. The Morgan fingerprint density at radius 1 is 0.550 bits per heavy atom. The average molecular weight is 281 g/mol. The van der Waals surface area contributed by atoms with Crippen molar-refractivity contribution in [3.05, 3.63) is 13.8 Å². The minimum Gasteiger partial charge on any atom is -0.0651 e. The third kappa shape index (κ3) is 14.4. The van der Waals surface area contributed by atoms with Gasteiger partial charge >= 0.3 is 0 Å². The van der Waals surface area contributed by atoms with E-state index in [1.165, 1.54) is 89.9 Å². The van der Waals surface area contributed by atoms with Gasteiger partial charge in [0.15, 0.2) is 0 Å². The van der Waals surface area contributed by atoms with Crippen LogP contribution in [0.5, 0.6) is 0 Å². The number of unbranched alkanes of at least 4 members (excludes halogenated alkanes) is 11. The van der Waals surface area contributed by atoms with Gasteiger partial charge in [0.2, 0.25) is 0 Å². The van der Waals surface area contributed by atoms with E-state index in [1.54, 1.807) is 0 Å². The van der Waals surface area contributed by atoms with E-state index >= 15 is 0 Å². The molecule has 120 valence electrons. The van der Waals surface area contributed by atoms with E-state index in [2.05, 4.69) is 20.8 Å². The van der Waals surface area contributed by atoms with Crippen molar-refractivity contribution >= 4 is 0 Å². The maximum atomic E-state index is 3.98. The summed E-state index contributed by atoms with van der Waals surface area (Å²) in [6, 6.07) is 0. The molecule has 0 heterocycles. The van der Waals surface area contributed by atoms with Crippen molar-refractivity contribution < 1.29 is 0 Å². The second-order valence-electron chi connectivity index (χ2n) is 6.45. The van der Waals surface area contributed by atoms with Crippen molar-refractivity contribution in [2.45, 2.75) is 110 Å². The predicted octanol–water partition coefficient (Wildman–Crippen LogP) is 7.53. The van der Waals surface area contributed by atoms with Crippen LogP contribution in [0, 0.1) is 19.8 Å². The summed E-state index contributed by atoms with van der Waals surface area (Å²) < 4.78 is 0. The molecule has 0 amide bonds. The SMILES string of the molecule is [CH2]CCCCCCCCCCCCCC(CC)CC[CH2]. The summed E-state index contributed by atoms with van der Waals surface area (Å²) in [5.41, 5.74) is 0. The number of rotatable bonds is 16. The first-order valence-corrected chi connectivity index (χ1v) is 9.43. The van der Waals surface area contributed by atoms with E-state index in [4.69, 9.17) is 0 Å². The van der Waals surface area contributed by atoms with Gasteiger partial charge in [0.05, 0.1) is 0 Å². The molecule has 0 nitrogen and oxygen atoms in total. The van der Waals surface area contributed by atoms with E-state index in [0.29, 0.717) is 0 Å². The van der Waals surface area contributed by atoms with Crippen LogP contribution < -0.4 is 0 Å². The largest absolute Gasteiger partial charge is 0.0651 e. The topological polar surface area (TPSA) is 0 Å². The third-order valence-corrected chi connectivity index (χ3v) is 4.55. The van der Waals surface area contributed by atoms with Crippen LogP contribution in [0.15, 0.2) is 0 Å². The van der Waals surface area contributed by atoms with Gasteiger partial charge in [-0.2, -0.15) is 0 Å². The number of hydrogen-bond donors (Lipinski definition) is 0. The fourth-order valence-corrected chi connectivity index (χ4v) is 3.04. The van der Waals surface area contributed by atoms with Crippen LogP contribution in [0.4, 0.5) is 0 Å². The second kappa shape index (κ2) is 17.1. The highest BCUT2D eigenvalue weighted by atomic mass is 14.1. The first-order valence-electron chi connectivity index (χ1n) is 9.43. The van der Waals surface area contributed by atoms with E-state index in [-0.39, 0.29) is 0 Å². The Morgan fingerprint density at radius 2 is 1.00 bits per heavy atom. The lowest BCUT2D eigenvalue weighted by Gasteiger charge is -2.12. The van der Waals surface area contributed by atoms with Gasteiger partial charge in [-0.25, -0.2) is 0 Å². The second-order valence-corrected chi connectivity index (χ2v) is 6.45. The zero-order valence-corrected chi connectivity index (χ0v) is 14.3. The molecule has 1 atom stereocenters. The first-order chi connectivity index (χ1) is 9.85. The van der Waals surface area contributed by atoms with Crippen molar-refractivity contribution in [3.8, 4) is 0 Å². The van der Waals surface area contributed by atoms with Crippen molar-refractivity contribution in [1.29, 1.82) is 0 Å². The Kier molecular flexibility index (Phi) is 17.1. The summed E-state index contributed by atoms with van der Waals surface area (Å²) in [5.74, 6) is 0.950. The van der Waals surface area contributed by atoms with Gasteiger partial charge in [0, 0.05) is 0 Å². The highest BCUT2D eigenvalue weighted by Gasteiger charge is 2.04. The molecule has 0 aliphatic heterocycles. The average Bonchev–Trinajstić information content (AvgIpc) is 2.47. The fourth-order valence-electron chi connectivity index (χ4n) is 3.04. The maximum Gasteiger partial charge on any atom is -0.0417 e. The van der Waals surface area contributed by atoms with E-state index in [9.17, 15) is 0 Å². The Hall–Kier alpha value is 0. The Bertz CT molecular complexity index is 161. The molecule has 20 heavy (non-hydrogen) atoms. The lowest BCUT2D eigenvalue weighted by molar-refractivity contribution is 0.413. The molecule has 0 saturated heterocycles. The van der Waals surface area contributed by atoms with Crippen LogP contribution in [0.2, 0.25) is 0 Å². The van der Waals surface area contributed by atoms with Gasteiger partial charge in [0.1, 0.15) is 0 Å². The van der Waals surface area contributed by atoms with Crippen LogP contribution in [-0.2, 0) is 0 Å². The molecule has 0 heteroatoms. The maximum absolute atomic E-state index is 3.98. The summed E-state index contributed by atoms with van der Waals surface area (Å²) in [7, 11) is 0. The molecule has 0 aromatic carbocycles. The van der Waals surface area contributed by atoms with Crippen LogP contribution in [-0.4, -0.2) is 0 Å². The van der Waals surface area contributed by atoms with Gasteiger partial charge in [0.25, 0.3) is 0 Å². The molecule has 0 spiro atoms. The molecule has 0 aromatic heterocycles. The van der Waals surface area contributed by atoms with Crippen molar-refractivity contribution in [3.63, 3.8) is 0 Å². The molecule has 0 aliphatic rings. The van der Waals surface area contributed by atoms with Gasteiger partial charge in [-0.15, -0.1) is 0 Å². The molecule has 0 saturated carbocycles. The molecule has 1 unspecified atom stereocenters. The van der Waals surface area contributed by atoms with Gasteiger partial charge in [-0.05, 0) is 5.92 Å². The Labute approximate surface area is 130 Å². The first kappa shape index (κ1) is 20.0. The summed E-state index contributed by atoms with van der Waals surface area (Å²) in [5, 5.41) is 0. The summed E-state index contributed by atoms with van der Waals surface area (Å²) in [6.07, 6.45) is 22.2. The van der Waals surface area contributed by atoms with Crippen LogP contribution in [0.1, 0.15) is 110 Å². The standard InChI is InChI=1S/C20H40/c1-4-7-8-9-10-11-12-13-14-15-16-17-19-20(6-3)18-5-2/h20H,1-2,4-19H2,3H3. The summed E-state index contributed by atoms with van der Waals surface area (Å²) in [4.78, 5) is 0. The summed E-state index contributed by atoms with van der Waals surface area (Å²) in [6.45, 7) is 10.2. The van der Waals surface area contributed by atoms with Crippen LogP contribution in [0.25, 0.3) is 0 Å². The highest BCUT2D eigenvalue weighted by Crippen LogP contribution is 2.19. The van der Waals surface area contributed by atoms with E-state index in [0.717, 1.165) is 18.8 Å². The van der Waals surface area contributed by atoms with E-state index in [1.807, 2.05) is 0 Å². The minimum absolute atomic E-state index is 0.950. The molecule has 0 fully saturated rings. The van der Waals surface area contributed by atoms with Crippen LogP contribution >= 0.6 is 0 Å². The molecular formula is C20H40. The Balaban J connectivity index is 3.09. The predicted molar refractivity (Wildman–Crippen MR) is 93.8 cm³/mol. The van der Waals surface area contributed by atoms with Crippen LogP contribution in [0.3, 0.4) is 0 Å². The fraction of sp³-hybridized carbons (Fsp3) is 0.900. The number of hydrogen-bond acceptors (Lipinski definition) is 0. The Morgan fingerprint density at radius 3 is 1.40 bits per heavy atom. The summed E-state index contributed by atoms with van der Waals surface area (Å²) >= 11 is 0. The lowest BCUT2D eigenvalue weighted by Crippen LogP contribution is -1.98. The monoisotopic (exact) mass is 280 g/mol. The zero-order valence-electron chi connectivity index (χ0n) is 14.3. The molecule has 0 N–H and O–H groups in total. The molecule has 0 rings (SSSR count). The molecule has 0 bridgehead atoms. The van der Waals surface area contributed by atoms with Gasteiger partial charge in [-0.3, -0.25) is 0 Å². The zero-order chi connectivity index (χ0) is 14.9. The lowest BCUT2D eigenvalue weighted by atomic mass is 9.94. The van der Waals surface area contributed by atoms with Crippen molar-refractivity contribution in [1.82, 2.24) is 0 Å². The molecule has 0 aliphatic carbocycles. The molecule has 0 aromatic rings. The highest BCUT2D eigenvalue weighted by molar-refractivity contribution is 4.59. The molecular weight excluding hydrogens is 240 g/mol. The van der Waals surface area contributed by atoms with Crippen molar-refractivity contribution in [2.24, 2.45) is 5.92 Å². The van der Waals surface area contributed by atoms with Crippen molar-refractivity contribution in [2.75, 3.05) is 0 Å². The quantitative estimate of drug-likeness (QED) is 0.256. The van der Waals surface area contributed by atoms with Gasteiger partial charge in [-0.1, -0.05) is 124 Å².